The Hall–Kier alpha value is -4.16. The van der Waals surface area contributed by atoms with Crippen LogP contribution in [0, 0.1) is 6.92 Å². The number of phenols is 1. The second kappa shape index (κ2) is 21.1. The van der Waals surface area contributed by atoms with E-state index in [-0.39, 0.29) is 29.8 Å². The highest BCUT2D eigenvalue weighted by molar-refractivity contribution is 7.89. The average Bonchev–Trinajstić information content (AvgIpc) is 3.11. The lowest BCUT2D eigenvalue weighted by atomic mass is 10.1. The number of benzene rings is 3. The number of nitrogens with one attached hydrogen (secondary N) is 3. The quantitative estimate of drug-likeness (QED) is 0.0978. The van der Waals surface area contributed by atoms with Crippen molar-refractivity contribution in [2.45, 2.75) is 24.0 Å². The fourth-order valence-electron chi connectivity index (χ4n) is 4.66. The Bertz CT molecular complexity index is 1560. The first-order valence-corrected chi connectivity index (χ1v) is 17.7. The van der Waals surface area contributed by atoms with E-state index in [0.29, 0.717) is 87.5 Å². The molecule has 0 aromatic heterocycles. The van der Waals surface area contributed by atoms with Gasteiger partial charge in [0, 0.05) is 45.8 Å². The highest BCUT2D eigenvalue weighted by atomic mass is 32.2. The van der Waals surface area contributed by atoms with Crippen molar-refractivity contribution in [1.82, 2.24) is 20.9 Å². The number of hydrogen-bond acceptors (Lipinski definition) is 12. The van der Waals surface area contributed by atoms with Gasteiger partial charge in [0.05, 0.1) is 31.3 Å². The predicted molar refractivity (Wildman–Crippen MR) is 187 cm³/mol. The number of aryl methyl sites for hydroxylation is 1. The number of rotatable bonds is 17. The Labute approximate surface area is 293 Å². The van der Waals surface area contributed by atoms with Crippen molar-refractivity contribution in [1.29, 1.82) is 0 Å². The third kappa shape index (κ3) is 14.4. The van der Waals surface area contributed by atoms with Crippen LogP contribution in [-0.2, 0) is 14.8 Å². The first kappa shape index (κ1) is 40.3. The summed E-state index contributed by atoms with van der Waals surface area (Å²) in [6.07, 6.45) is -1.52. The van der Waals surface area contributed by atoms with Gasteiger partial charge in [-0.05, 0) is 60.5 Å². The van der Waals surface area contributed by atoms with Crippen molar-refractivity contribution in [2.75, 3.05) is 79.4 Å². The number of phenolic OH excluding ortho intramolecular Hbond substituents is 1. The molecule has 276 valence electrons. The first-order chi connectivity index (χ1) is 24.0. The van der Waals surface area contributed by atoms with Gasteiger partial charge in [0.1, 0.15) is 30.8 Å². The van der Waals surface area contributed by atoms with Crippen LogP contribution in [0.5, 0.6) is 23.0 Å². The number of hydrogen-bond donors (Lipinski definition) is 7. The van der Waals surface area contributed by atoms with Gasteiger partial charge in [-0.25, -0.2) is 18.4 Å². The summed E-state index contributed by atoms with van der Waals surface area (Å²) in [6.45, 7) is 6.77. The van der Waals surface area contributed by atoms with Crippen molar-refractivity contribution < 1.29 is 47.5 Å². The number of urea groups is 1. The molecule has 8 N–H and O–H groups in total. The Balaban J connectivity index is 0.000000271. The maximum Gasteiger partial charge on any atom is 0.317 e. The van der Waals surface area contributed by atoms with Gasteiger partial charge >= 0.3 is 6.03 Å². The third-order valence-corrected chi connectivity index (χ3v) is 8.43. The SMILES string of the molecule is COc1ccccc1OCCNCC(O)c1ccc(C)c(S(N)(=O)=O)c1.O=C(NCCNCC(O)COc1ccc(O)cc1)N1CCOCC1. The second-order valence-electron chi connectivity index (χ2n) is 11.3. The van der Waals surface area contributed by atoms with E-state index in [9.17, 15) is 23.4 Å². The number of nitrogens with two attached hydrogens (primary N) is 1. The normalized spacial score (nSPS) is 14.1. The third-order valence-electron chi connectivity index (χ3n) is 7.38. The standard InChI is InChI=1S/C18H24N2O5S.C16H25N3O5/c1-13-7-8-14(11-18(13)26(19,22)23)15(21)12-20-9-10-25-17-6-4-3-5-16(17)24-2;20-13-1-3-15(4-2-13)24-12-14(21)11-17-5-6-18-16(22)19-7-9-23-10-8-19/h3-8,11,15,20-21H,9-10,12H2,1-2H3,(H2,19,22,23);1-4,14,17,20-21H,5-12H2,(H,18,22). The van der Waals surface area contributed by atoms with E-state index in [0.717, 1.165) is 0 Å². The van der Waals surface area contributed by atoms with Crippen LogP contribution in [0.4, 0.5) is 4.79 Å². The van der Waals surface area contributed by atoms with Crippen molar-refractivity contribution in [2.24, 2.45) is 5.14 Å². The van der Waals surface area contributed by atoms with Gasteiger partial charge in [-0.1, -0.05) is 24.3 Å². The summed E-state index contributed by atoms with van der Waals surface area (Å²) in [5.41, 5.74) is 1.03. The number of ether oxygens (including phenoxy) is 4. The minimum Gasteiger partial charge on any atom is -0.508 e. The number of morpholine rings is 1. The van der Waals surface area contributed by atoms with Gasteiger partial charge in [-0.2, -0.15) is 0 Å². The summed E-state index contributed by atoms with van der Waals surface area (Å²) in [6, 6.07) is 18.3. The van der Waals surface area contributed by atoms with Crippen LogP contribution in [0.25, 0.3) is 0 Å². The molecule has 16 heteroatoms. The van der Waals surface area contributed by atoms with Gasteiger partial charge in [-0.15, -0.1) is 0 Å². The Morgan fingerprint density at radius 2 is 1.62 bits per heavy atom. The van der Waals surface area contributed by atoms with E-state index in [1.54, 1.807) is 43.2 Å². The summed E-state index contributed by atoms with van der Waals surface area (Å²) < 4.78 is 44.6. The lowest BCUT2D eigenvalue weighted by molar-refractivity contribution is 0.0532. The number of aromatic hydroxyl groups is 1. The molecule has 2 unspecified atom stereocenters. The number of nitrogens with zero attached hydrogens (tertiary/aromatic N) is 1. The topological polar surface area (TPSA) is 214 Å². The van der Waals surface area contributed by atoms with Crippen molar-refractivity contribution in [3.63, 3.8) is 0 Å². The molecule has 1 aliphatic rings. The van der Waals surface area contributed by atoms with Gasteiger partial charge in [-0.3, -0.25) is 0 Å². The number of sulfonamides is 1. The Kier molecular flexibility index (Phi) is 17.0. The van der Waals surface area contributed by atoms with Gasteiger partial charge < -0.3 is 55.1 Å². The number of primary sulfonamides is 1. The van der Waals surface area contributed by atoms with E-state index in [4.69, 9.17) is 29.2 Å². The highest BCUT2D eigenvalue weighted by Gasteiger charge is 2.17. The number of carbonyl (C=O) groups is 1. The molecule has 2 amide bonds. The van der Waals surface area contributed by atoms with Crippen LogP contribution in [0.2, 0.25) is 0 Å². The number of para-hydroxylation sites is 2. The van der Waals surface area contributed by atoms with Crippen molar-refractivity contribution in [3.8, 4) is 23.0 Å². The van der Waals surface area contributed by atoms with Crippen molar-refractivity contribution >= 4 is 16.1 Å². The number of carbonyl (C=O) groups excluding carboxylic acids is 1. The van der Waals surface area contributed by atoms with Gasteiger partial charge in [0.25, 0.3) is 0 Å². The zero-order valence-corrected chi connectivity index (χ0v) is 29.2. The van der Waals surface area contributed by atoms with E-state index in [1.807, 2.05) is 24.3 Å². The molecule has 4 rings (SSSR count). The molecule has 0 bridgehead atoms. The zero-order chi connectivity index (χ0) is 36.4. The number of methoxy groups -OCH3 is 1. The fraction of sp³-hybridized carbons (Fsp3) is 0.441. The van der Waals surface area contributed by atoms with Crippen LogP contribution in [0.1, 0.15) is 17.2 Å². The maximum absolute atomic E-state index is 11.8. The smallest absolute Gasteiger partial charge is 0.317 e. The monoisotopic (exact) mass is 719 g/mol. The Morgan fingerprint density at radius 3 is 2.30 bits per heavy atom. The molecule has 1 heterocycles. The second-order valence-corrected chi connectivity index (χ2v) is 12.8. The Morgan fingerprint density at radius 1 is 0.940 bits per heavy atom. The summed E-state index contributed by atoms with van der Waals surface area (Å²) in [7, 11) is -2.24. The number of aliphatic hydroxyl groups is 2. The van der Waals surface area contributed by atoms with E-state index >= 15 is 0 Å². The van der Waals surface area contributed by atoms with Crippen LogP contribution in [0.3, 0.4) is 0 Å². The van der Waals surface area contributed by atoms with Crippen LogP contribution < -0.4 is 35.3 Å². The molecule has 1 aliphatic heterocycles. The first-order valence-electron chi connectivity index (χ1n) is 16.2. The number of amides is 2. The summed E-state index contributed by atoms with van der Waals surface area (Å²) in [4.78, 5) is 13.6. The molecule has 0 aliphatic carbocycles. The predicted octanol–water partition coefficient (Wildman–Crippen LogP) is 1.12. The maximum atomic E-state index is 11.8. The molecule has 3 aromatic rings. The molecule has 3 aromatic carbocycles. The van der Waals surface area contributed by atoms with E-state index in [2.05, 4.69) is 16.0 Å². The minimum atomic E-state index is -3.82. The molecule has 0 radical (unpaired) electrons. The molecule has 50 heavy (non-hydrogen) atoms. The van der Waals surface area contributed by atoms with E-state index in [1.165, 1.54) is 18.2 Å². The van der Waals surface area contributed by atoms with Gasteiger partial charge in [0.15, 0.2) is 11.5 Å². The van der Waals surface area contributed by atoms with E-state index < -0.39 is 22.2 Å². The molecule has 2 atom stereocenters. The lowest BCUT2D eigenvalue weighted by Gasteiger charge is -2.27. The molecular weight excluding hydrogens is 670 g/mol. The zero-order valence-electron chi connectivity index (χ0n) is 28.4. The average molecular weight is 720 g/mol. The number of aliphatic hydroxyl groups excluding tert-OH is 2. The summed E-state index contributed by atoms with van der Waals surface area (Å²) >= 11 is 0. The van der Waals surface area contributed by atoms with Crippen LogP contribution >= 0.6 is 0 Å². The molecule has 0 spiro atoms. The van der Waals surface area contributed by atoms with Crippen LogP contribution in [-0.4, -0.2) is 120 Å². The molecular formula is C34H49N5O10S. The minimum absolute atomic E-state index is 0.0218. The lowest BCUT2D eigenvalue weighted by Crippen LogP contribution is -2.47. The highest BCUT2D eigenvalue weighted by Crippen LogP contribution is 2.25. The van der Waals surface area contributed by atoms with Crippen molar-refractivity contribution in [3.05, 3.63) is 77.9 Å². The van der Waals surface area contributed by atoms with Gasteiger partial charge in [0.2, 0.25) is 10.0 Å². The molecule has 15 nitrogen and oxygen atoms in total. The molecule has 0 saturated carbocycles. The fourth-order valence-corrected chi connectivity index (χ4v) is 5.47. The largest absolute Gasteiger partial charge is 0.508 e. The summed E-state index contributed by atoms with van der Waals surface area (Å²) in [5.74, 6) is 2.06. The molecule has 1 fully saturated rings. The summed E-state index contributed by atoms with van der Waals surface area (Å²) in [5, 5.41) is 43.4. The van der Waals surface area contributed by atoms with Crippen LogP contribution in [0.15, 0.2) is 71.6 Å². The molecule has 1 saturated heterocycles.